The molecule has 0 spiro atoms. The maximum absolute atomic E-state index is 10.0. The Bertz CT molecular complexity index is 485. The van der Waals surface area contributed by atoms with Crippen LogP contribution >= 0.6 is 11.5 Å². The number of rotatable bonds is 4. The van der Waals surface area contributed by atoms with Gasteiger partial charge in [-0.25, -0.2) is 0 Å². The first-order valence-electron chi connectivity index (χ1n) is 5.29. The lowest BCUT2D eigenvalue weighted by Crippen LogP contribution is -2.02. The predicted molar refractivity (Wildman–Crippen MR) is 66.3 cm³/mol. The first-order chi connectivity index (χ1) is 8.20. The summed E-state index contributed by atoms with van der Waals surface area (Å²) in [4.78, 5) is 0.772. The van der Waals surface area contributed by atoms with E-state index in [-0.39, 0.29) is 0 Å². The van der Waals surface area contributed by atoms with Gasteiger partial charge >= 0.3 is 0 Å². The second-order valence-corrected chi connectivity index (χ2v) is 4.67. The van der Waals surface area contributed by atoms with Gasteiger partial charge in [-0.1, -0.05) is 22.2 Å². The number of nitrogens with zero attached hydrogens (tertiary/aromatic N) is 2. The Morgan fingerprint density at radius 1 is 1.47 bits per heavy atom. The molecule has 0 radical (unpaired) electrons. The summed E-state index contributed by atoms with van der Waals surface area (Å²) < 4.78 is 9.03. The molecule has 1 N–H and O–H groups in total. The molecule has 4 nitrogen and oxygen atoms in total. The van der Waals surface area contributed by atoms with Gasteiger partial charge in [-0.3, -0.25) is 0 Å². The molecule has 17 heavy (non-hydrogen) atoms. The minimum absolute atomic E-state index is 0.509. The lowest BCUT2D eigenvalue weighted by Gasteiger charge is -2.12. The monoisotopic (exact) mass is 250 g/mol. The summed E-state index contributed by atoms with van der Waals surface area (Å²) in [6.45, 7) is 2.02. The Balaban J connectivity index is 2.20. The molecule has 1 unspecified atom stereocenters. The number of aryl methyl sites for hydroxylation is 1. The van der Waals surface area contributed by atoms with Crippen LogP contribution in [0.15, 0.2) is 24.4 Å². The third kappa shape index (κ3) is 2.81. The van der Waals surface area contributed by atoms with Crippen molar-refractivity contribution in [1.82, 2.24) is 9.59 Å². The van der Waals surface area contributed by atoms with E-state index in [0.29, 0.717) is 6.42 Å². The molecule has 0 saturated carbocycles. The number of ether oxygens (including phenoxy) is 1. The quantitative estimate of drug-likeness (QED) is 0.903. The van der Waals surface area contributed by atoms with E-state index in [4.69, 9.17) is 4.74 Å². The van der Waals surface area contributed by atoms with Crippen molar-refractivity contribution in [2.45, 2.75) is 19.4 Å². The summed E-state index contributed by atoms with van der Waals surface area (Å²) >= 11 is 1.22. The molecule has 0 fully saturated rings. The zero-order valence-electron chi connectivity index (χ0n) is 9.75. The van der Waals surface area contributed by atoms with E-state index in [0.717, 1.165) is 21.8 Å². The fourth-order valence-corrected chi connectivity index (χ4v) is 2.19. The van der Waals surface area contributed by atoms with Crippen LogP contribution < -0.4 is 4.74 Å². The Labute approximate surface area is 104 Å². The molecule has 1 aromatic carbocycles. The van der Waals surface area contributed by atoms with E-state index >= 15 is 0 Å². The van der Waals surface area contributed by atoms with Crippen molar-refractivity contribution < 1.29 is 9.84 Å². The highest BCUT2D eigenvalue weighted by Gasteiger charge is 2.14. The molecule has 0 aliphatic carbocycles. The first kappa shape index (κ1) is 12.0. The highest BCUT2D eigenvalue weighted by Crippen LogP contribution is 2.26. The van der Waals surface area contributed by atoms with Crippen molar-refractivity contribution in [2.24, 2.45) is 0 Å². The predicted octanol–water partition coefficient (Wildman–Crippen LogP) is 2.13. The maximum Gasteiger partial charge on any atom is 0.122 e. The summed E-state index contributed by atoms with van der Waals surface area (Å²) in [6, 6.07) is 5.93. The van der Waals surface area contributed by atoms with Crippen LogP contribution in [0.4, 0.5) is 0 Å². The summed E-state index contributed by atoms with van der Waals surface area (Å²) in [6.07, 6.45) is 1.53. The third-order valence-electron chi connectivity index (χ3n) is 2.56. The van der Waals surface area contributed by atoms with Gasteiger partial charge in [-0.15, -0.1) is 5.10 Å². The number of aromatic nitrogens is 2. The van der Waals surface area contributed by atoms with Crippen molar-refractivity contribution in [2.75, 3.05) is 7.11 Å². The van der Waals surface area contributed by atoms with Gasteiger partial charge < -0.3 is 9.84 Å². The fraction of sp³-hybridized carbons (Fsp3) is 0.333. The Morgan fingerprint density at radius 2 is 2.29 bits per heavy atom. The minimum Gasteiger partial charge on any atom is -0.496 e. The molecule has 0 saturated heterocycles. The SMILES string of the molecule is COc1ccc(C)cc1CC(O)c1cnns1. The first-order valence-corrected chi connectivity index (χ1v) is 6.07. The Hall–Kier alpha value is -1.46. The lowest BCUT2D eigenvalue weighted by molar-refractivity contribution is 0.181. The van der Waals surface area contributed by atoms with Crippen LogP contribution in [-0.2, 0) is 6.42 Å². The average molecular weight is 250 g/mol. The number of hydrogen-bond donors (Lipinski definition) is 1. The zero-order valence-corrected chi connectivity index (χ0v) is 10.6. The summed E-state index contributed by atoms with van der Waals surface area (Å²) in [5.41, 5.74) is 2.14. The number of aliphatic hydroxyl groups excluding tert-OH is 1. The van der Waals surface area contributed by atoms with E-state index < -0.39 is 6.10 Å². The van der Waals surface area contributed by atoms with Crippen molar-refractivity contribution in [1.29, 1.82) is 0 Å². The van der Waals surface area contributed by atoms with Gasteiger partial charge in [0.15, 0.2) is 0 Å². The second-order valence-electron chi connectivity index (χ2n) is 3.86. The molecule has 5 heteroatoms. The van der Waals surface area contributed by atoms with Crippen LogP contribution in [0.25, 0.3) is 0 Å². The maximum atomic E-state index is 10.0. The van der Waals surface area contributed by atoms with Crippen molar-refractivity contribution in [3.63, 3.8) is 0 Å². The summed E-state index contributed by atoms with van der Waals surface area (Å²) in [7, 11) is 1.63. The molecule has 2 aromatic rings. The van der Waals surface area contributed by atoms with Crippen molar-refractivity contribution in [3.8, 4) is 5.75 Å². The van der Waals surface area contributed by atoms with E-state index in [1.165, 1.54) is 11.5 Å². The van der Waals surface area contributed by atoms with Crippen LogP contribution in [-0.4, -0.2) is 21.8 Å². The van der Waals surface area contributed by atoms with Gasteiger partial charge in [-0.05, 0) is 30.1 Å². The normalized spacial score (nSPS) is 12.4. The molecular formula is C12H14N2O2S. The topological polar surface area (TPSA) is 55.2 Å². The van der Waals surface area contributed by atoms with Gasteiger partial charge in [0.1, 0.15) is 5.75 Å². The Kier molecular flexibility index (Phi) is 3.71. The van der Waals surface area contributed by atoms with Crippen LogP contribution in [0.5, 0.6) is 5.75 Å². The van der Waals surface area contributed by atoms with Crippen molar-refractivity contribution in [3.05, 3.63) is 40.4 Å². The molecular weight excluding hydrogens is 236 g/mol. The minimum atomic E-state index is -0.578. The molecule has 0 amide bonds. The number of aliphatic hydroxyl groups is 1. The van der Waals surface area contributed by atoms with Crippen LogP contribution in [0.2, 0.25) is 0 Å². The van der Waals surface area contributed by atoms with Gasteiger partial charge in [0, 0.05) is 6.42 Å². The van der Waals surface area contributed by atoms with Crippen molar-refractivity contribution >= 4 is 11.5 Å². The van der Waals surface area contributed by atoms with Gasteiger partial charge in [0.2, 0.25) is 0 Å². The van der Waals surface area contributed by atoms with Gasteiger partial charge in [-0.2, -0.15) is 0 Å². The zero-order chi connectivity index (χ0) is 12.3. The molecule has 1 aromatic heterocycles. The van der Waals surface area contributed by atoms with Crippen LogP contribution in [0.3, 0.4) is 0 Å². The number of benzene rings is 1. The number of methoxy groups -OCH3 is 1. The molecule has 2 rings (SSSR count). The molecule has 0 aliphatic heterocycles. The summed E-state index contributed by atoms with van der Waals surface area (Å²) in [5.74, 6) is 0.798. The standard InChI is InChI=1S/C12H14N2O2S/c1-8-3-4-11(16-2)9(5-8)6-10(15)12-7-13-14-17-12/h3-5,7,10,15H,6H2,1-2H3. The molecule has 1 heterocycles. The summed E-state index contributed by atoms with van der Waals surface area (Å²) in [5, 5.41) is 13.8. The van der Waals surface area contributed by atoms with Crippen LogP contribution in [0, 0.1) is 6.92 Å². The third-order valence-corrected chi connectivity index (χ3v) is 3.32. The van der Waals surface area contributed by atoms with Crippen LogP contribution in [0.1, 0.15) is 22.1 Å². The average Bonchev–Trinajstić information content (AvgIpc) is 2.83. The smallest absolute Gasteiger partial charge is 0.122 e. The highest BCUT2D eigenvalue weighted by atomic mass is 32.1. The number of hydrogen-bond acceptors (Lipinski definition) is 5. The highest BCUT2D eigenvalue weighted by molar-refractivity contribution is 7.05. The second kappa shape index (κ2) is 5.25. The molecule has 0 aliphatic rings. The van der Waals surface area contributed by atoms with Gasteiger partial charge in [0.05, 0.1) is 24.3 Å². The molecule has 90 valence electrons. The van der Waals surface area contributed by atoms with E-state index in [2.05, 4.69) is 9.59 Å². The van der Waals surface area contributed by atoms with Gasteiger partial charge in [0.25, 0.3) is 0 Å². The molecule has 1 atom stereocenters. The fourth-order valence-electron chi connectivity index (χ4n) is 1.70. The lowest BCUT2D eigenvalue weighted by atomic mass is 10.0. The van der Waals surface area contributed by atoms with E-state index in [1.54, 1.807) is 13.3 Å². The molecule has 0 bridgehead atoms. The van der Waals surface area contributed by atoms with E-state index in [9.17, 15) is 5.11 Å². The van der Waals surface area contributed by atoms with E-state index in [1.807, 2.05) is 25.1 Å². The largest absolute Gasteiger partial charge is 0.496 e. The Morgan fingerprint density at radius 3 is 2.94 bits per heavy atom.